The SMILES string of the molecule is Cc1ccc2c(c1)-c1c(c(C(=O)N3CCN(c4ccccn4)CC3)nn1C)CS2. The number of rotatable bonds is 2. The number of fused-ring (bicyclic) bond motifs is 3. The van der Waals surface area contributed by atoms with Crippen LogP contribution < -0.4 is 4.90 Å². The number of benzene rings is 1. The van der Waals surface area contributed by atoms with Crippen LogP contribution in [0.3, 0.4) is 0 Å². The number of hydrogen-bond donors (Lipinski definition) is 0. The number of aromatic nitrogens is 3. The van der Waals surface area contributed by atoms with Crippen molar-refractivity contribution in [3.8, 4) is 11.3 Å². The number of carbonyl (C=O) groups is 1. The summed E-state index contributed by atoms with van der Waals surface area (Å²) in [5, 5.41) is 4.66. The Kier molecular flexibility index (Phi) is 4.54. The van der Waals surface area contributed by atoms with E-state index in [1.54, 1.807) is 11.8 Å². The summed E-state index contributed by atoms with van der Waals surface area (Å²) in [6, 6.07) is 12.4. The van der Waals surface area contributed by atoms with Gasteiger partial charge in [-0.05, 0) is 31.2 Å². The third-order valence-corrected chi connectivity index (χ3v) is 6.75. The molecule has 0 aliphatic carbocycles. The fourth-order valence-electron chi connectivity index (χ4n) is 4.15. The summed E-state index contributed by atoms with van der Waals surface area (Å²) in [7, 11) is 1.94. The quantitative estimate of drug-likeness (QED) is 0.654. The summed E-state index contributed by atoms with van der Waals surface area (Å²) in [6.07, 6.45) is 1.81. The Morgan fingerprint density at radius 3 is 2.69 bits per heavy atom. The Morgan fingerprint density at radius 1 is 1.10 bits per heavy atom. The standard InChI is InChI=1S/C22H23N5OS/c1-15-6-7-18-16(13-15)21-17(14-29-18)20(24-25(21)2)22(28)27-11-9-26(10-12-27)19-5-3-4-8-23-19/h3-8,13H,9-12,14H2,1-2H3. The molecule has 0 atom stereocenters. The predicted octanol–water partition coefficient (Wildman–Crippen LogP) is 3.36. The summed E-state index contributed by atoms with van der Waals surface area (Å²) in [4.78, 5) is 23.2. The van der Waals surface area contributed by atoms with Crippen molar-refractivity contribution in [3.05, 3.63) is 59.4 Å². The molecular weight excluding hydrogens is 382 g/mol. The van der Waals surface area contributed by atoms with E-state index in [-0.39, 0.29) is 5.91 Å². The molecule has 2 aliphatic heterocycles. The Bertz CT molecular complexity index is 1070. The fraction of sp³-hybridized carbons (Fsp3) is 0.318. The van der Waals surface area contributed by atoms with Crippen LogP contribution in [0.5, 0.6) is 0 Å². The van der Waals surface area contributed by atoms with Gasteiger partial charge in [-0.15, -0.1) is 11.8 Å². The molecule has 2 aromatic heterocycles. The summed E-state index contributed by atoms with van der Waals surface area (Å²) in [5.74, 6) is 1.80. The number of amides is 1. The molecule has 6 nitrogen and oxygen atoms in total. The van der Waals surface area contributed by atoms with Crippen molar-refractivity contribution in [1.82, 2.24) is 19.7 Å². The van der Waals surface area contributed by atoms with Gasteiger partial charge < -0.3 is 9.80 Å². The molecule has 7 heteroatoms. The van der Waals surface area contributed by atoms with E-state index in [0.29, 0.717) is 18.8 Å². The normalized spacial score (nSPS) is 15.8. The molecule has 0 unspecified atom stereocenters. The van der Waals surface area contributed by atoms with Gasteiger partial charge in [-0.3, -0.25) is 9.48 Å². The van der Waals surface area contributed by atoms with Gasteiger partial charge in [0.2, 0.25) is 0 Å². The van der Waals surface area contributed by atoms with Crippen LogP contribution in [0, 0.1) is 6.92 Å². The molecule has 2 aliphatic rings. The second-order valence-electron chi connectivity index (χ2n) is 7.55. The van der Waals surface area contributed by atoms with Crippen LogP contribution in [0.25, 0.3) is 11.3 Å². The highest BCUT2D eigenvalue weighted by Gasteiger charge is 2.31. The minimum Gasteiger partial charge on any atom is -0.353 e. The number of pyridine rings is 1. The van der Waals surface area contributed by atoms with Crippen molar-refractivity contribution < 1.29 is 4.79 Å². The molecule has 1 saturated heterocycles. The number of thioether (sulfide) groups is 1. The van der Waals surface area contributed by atoms with E-state index >= 15 is 0 Å². The van der Waals surface area contributed by atoms with E-state index in [2.05, 4.69) is 40.1 Å². The van der Waals surface area contributed by atoms with Gasteiger partial charge in [0.05, 0.1) is 5.69 Å². The van der Waals surface area contributed by atoms with Crippen molar-refractivity contribution >= 4 is 23.5 Å². The molecule has 0 saturated carbocycles. The zero-order chi connectivity index (χ0) is 20.0. The molecule has 0 N–H and O–H groups in total. The Morgan fingerprint density at radius 2 is 1.93 bits per heavy atom. The molecule has 148 valence electrons. The van der Waals surface area contributed by atoms with Crippen molar-refractivity contribution in [2.24, 2.45) is 7.05 Å². The Balaban J connectivity index is 1.39. The summed E-state index contributed by atoms with van der Waals surface area (Å²) in [5.41, 5.74) is 5.15. The van der Waals surface area contributed by atoms with E-state index in [9.17, 15) is 4.79 Å². The molecule has 1 aromatic carbocycles. The molecule has 3 aromatic rings. The van der Waals surface area contributed by atoms with Gasteiger partial charge in [-0.1, -0.05) is 17.7 Å². The second-order valence-corrected chi connectivity index (χ2v) is 8.57. The van der Waals surface area contributed by atoms with Crippen molar-refractivity contribution in [2.75, 3.05) is 31.1 Å². The van der Waals surface area contributed by atoms with E-state index < -0.39 is 0 Å². The molecule has 0 bridgehead atoms. The van der Waals surface area contributed by atoms with Crippen LogP contribution >= 0.6 is 11.8 Å². The Hall–Kier alpha value is -2.80. The fourth-order valence-corrected chi connectivity index (χ4v) is 5.20. The first-order valence-corrected chi connectivity index (χ1v) is 10.9. The molecule has 0 radical (unpaired) electrons. The number of hydrogen-bond acceptors (Lipinski definition) is 5. The zero-order valence-corrected chi connectivity index (χ0v) is 17.4. The number of anilines is 1. The molecule has 4 heterocycles. The highest BCUT2D eigenvalue weighted by molar-refractivity contribution is 7.98. The summed E-state index contributed by atoms with van der Waals surface area (Å²) in [6.45, 7) is 5.04. The van der Waals surface area contributed by atoms with Crippen LogP contribution in [-0.4, -0.2) is 51.8 Å². The minimum atomic E-state index is 0.0409. The van der Waals surface area contributed by atoms with Crippen LogP contribution in [0.1, 0.15) is 21.6 Å². The molecular formula is C22H23N5OS. The van der Waals surface area contributed by atoms with Crippen molar-refractivity contribution in [3.63, 3.8) is 0 Å². The monoisotopic (exact) mass is 405 g/mol. The lowest BCUT2D eigenvalue weighted by atomic mass is 10.0. The second kappa shape index (κ2) is 7.22. The first kappa shape index (κ1) is 18.2. The Labute approximate surface area is 174 Å². The maximum Gasteiger partial charge on any atom is 0.274 e. The molecule has 1 amide bonds. The van der Waals surface area contributed by atoms with E-state index in [0.717, 1.165) is 35.9 Å². The van der Waals surface area contributed by atoms with Crippen LogP contribution in [-0.2, 0) is 12.8 Å². The van der Waals surface area contributed by atoms with E-state index in [1.807, 2.05) is 41.0 Å². The third-order valence-electron chi connectivity index (χ3n) is 5.65. The van der Waals surface area contributed by atoms with Gasteiger partial charge in [0.15, 0.2) is 5.69 Å². The number of piperazine rings is 1. The topological polar surface area (TPSA) is 54.3 Å². The zero-order valence-electron chi connectivity index (χ0n) is 16.6. The number of carbonyl (C=O) groups excluding carboxylic acids is 1. The molecule has 0 spiro atoms. The van der Waals surface area contributed by atoms with E-state index in [4.69, 9.17) is 0 Å². The minimum absolute atomic E-state index is 0.0409. The number of aryl methyl sites for hydroxylation is 2. The van der Waals surface area contributed by atoms with Gasteiger partial charge in [0.1, 0.15) is 5.82 Å². The molecule has 1 fully saturated rings. The molecule has 5 rings (SSSR count). The lowest BCUT2D eigenvalue weighted by Gasteiger charge is -2.35. The van der Waals surface area contributed by atoms with Crippen LogP contribution in [0.15, 0.2) is 47.5 Å². The smallest absolute Gasteiger partial charge is 0.274 e. The average molecular weight is 406 g/mol. The van der Waals surface area contributed by atoms with Gasteiger partial charge in [-0.2, -0.15) is 5.10 Å². The van der Waals surface area contributed by atoms with Crippen molar-refractivity contribution in [1.29, 1.82) is 0 Å². The molecule has 29 heavy (non-hydrogen) atoms. The van der Waals surface area contributed by atoms with Crippen LogP contribution in [0.2, 0.25) is 0 Å². The highest BCUT2D eigenvalue weighted by atomic mass is 32.2. The van der Waals surface area contributed by atoms with Gasteiger partial charge in [0.25, 0.3) is 5.91 Å². The van der Waals surface area contributed by atoms with Gasteiger partial charge >= 0.3 is 0 Å². The summed E-state index contributed by atoms with van der Waals surface area (Å²) < 4.78 is 1.88. The van der Waals surface area contributed by atoms with E-state index in [1.165, 1.54) is 16.0 Å². The maximum absolute atomic E-state index is 13.3. The predicted molar refractivity (Wildman–Crippen MR) is 115 cm³/mol. The first-order chi connectivity index (χ1) is 14.1. The average Bonchev–Trinajstić information content (AvgIpc) is 3.11. The first-order valence-electron chi connectivity index (χ1n) is 9.87. The van der Waals surface area contributed by atoms with Gasteiger partial charge in [0, 0.05) is 61.2 Å². The largest absolute Gasteiger partial charge is 0.353 e. The third kappa shape index (κ3) is 3.19. The summed E-state index contributed by atoms with van der Waals surface area (Å²) >= 11 is 1.79. The number of nitrogens with zero attached hydrogens (tertiary/aromatic N) is 5. The van der Waals surface area contributed by atoms with Crippen LogP contribution in [0.4, 0.5) is 5.82 Å². The van der Waals surface area contributed by atoms with Gasteiger partial charge in [-0.25, -0.2) is 4.98 Å². The lowest BCUT2D eigenvalue weighted by Crippen LogP contribution is -2.49. The maximum atomic E-state index is 13.3. The highest BCUT2D eigenvalue weighted by Crippen LogP contribution is 2.43. The lowest BCUT2D eigenvalue weighted by molar-refractivity contribution is 0.0739. The van der Waals surface area contributed by atoms with Crippen molar-refractivity contribution in [2.45, 2.75) is 17.6 Å².